The van der Waals surface area contributed by atoms with Gasteiger partial charge in [0.05, 0.1) is 0 Å². The molecule has 2 heteroatoms. The molecule has 0 fully saturated rings. The van der Waals surface area contributed by atoms with Crippen molar-refractivity contribution in [2.75, 3.05) is 18.4 Å². The van der Waals surface area contributed by atoms with Crippen LogP contribution in [0.2, 0.25) is 0 Å². The van der Waals surface area contributed by atoms with E-state index in [1.165, 1.54) is 31.5 Å². The SMILES string of the molecule is BrCCCN1CCc2ccccc2C1. The molecule has 0 aliphatic carbocycles. The number of alkyl halides is 1. The van der Waals surface area contributed by atoms with Crippen LogP contribution in [0.25, 0.3) is 0 Å². The highest BCUT2D eigenvalue weighted by molar-refractivity contribution is 9.09. The minimum Gasteiger partial charge on any atom is -0.299 e. The number of fused-ring (bicyclic) bond motifs is 1. The van der Waals surface area contributed by atoms with Gasteiger partial charge in [-0.1, -0.05) is 40.2 Å². The molecule has 1 aliphatic heterocycles. The van der Waals surface area contributed by atoms with Crippen molar-refractivity contribution < 1.29 is 0 Å². The third-order valence-corrected chi connectivity index (χ3v) is 3.38. The van der Waals surface area contributed by atoms with E-state index < -0.39 is 0 Å². The summed E-state index contributed by atoms with van der Waals surface area (Å²) in [6.45, 7) is 3.59. The molecule has 0 unspecified atom stereocenters. The lowest BCUT2D eigenvalue weighted by atomic mass is 10.00. The average molecular weight is 254 g/mol. The van der Waals surface area contributed by atoms with E-state index in [9.17, 15) is 0 Å². The number of benzene rings is 1. The second kappa shape index (κ2) is 4.94. The first-order valence-corrected chi connectivity index (χ1v) is 6.37. The van der Waals surface area contributed by atoms with Crippen LogP contribution in [0.5, 0.6) is 0 Å². The van der Waals surface area contributed by atoms with Crippen LogP contribution in [0.15, 0.2) is 24.3 Å². The highest BCUT2D eigenvalue weighted by Crippen LogP contribution is 2.18. The van der Waals surface area contributed by atoms with Crippen LogP contribution in [0.3, 0.4) is 0 Å². The van der Waals surface area contributed by atoms with E-state index in [-0.39, 0.29) is 0 Å². The number of hydrogen-bond acceptors (Lipinski definition) is 1. The smallest absolute Gasteiger partial charge is 0.0236 e. The second-order valence-electron chi connectivity index (χ2n) is 3.84. The maximum absolute atomic E-state index is 3.48. The predicted molar refractivity (Wildman–Crippen MR) is 63.8 cm³/mol. The predicted octanol–water partition coefficient (Wildman–Crippen LogP) is 2.83. The monoisotopic (exact) mass is 253 g/mol. The maximum Gasteiger partial charge on any atom is 0.0236 e. The molecule has 0 saturated carbocycles. The first-order valence-electron chi connectivity index (χ1n) is 5.25. The van der Waals surface area contributed by atoms with Crippen LogP contribution in [0.1, 0.15) is 17.5 Å². The van der Waals surface area contributed by atoms with Gasteiger partial charge in [0.2, 0.25) is 0 Å². The van der Waals surface area contributed by atoms with E-state index in [2.05, 4.69) is 45.1 Å². The van der Waals surface area contributed by atoms with E-state index in [1.54, 1.807) is 5.56 Å². The molecule has 2 rings (SSSR count). The zero-order valence-electron chi connectivity index (χ0n) is 8.38. The first kappa shape index (κ1) is 10.2. The average Bonchev–Trinajstić information content (AvgIpc) is 2.26. The van der Waals surface area contributed by atoms with Gasteiger partial charge in [-0.25, -0.2) is 0 Å². The van der Waals surface area contributed by atoms with Gasteiger partial charge in [-0.15, -0.1) is 0 Å². The van der Waals surface area contributed by atoms with E-state index in [1.807, 2.05) is 0 Å². The van der Waals surface area contributed by atoms with Gasteiger partial charge >= 0.3 is 0 Å². The number of nitrogens with zero attached hydrogens (tertiary/aromatic N) is 1. The van der Waals surface area contributed by atoms with Crippen LogP contribution in [-0.2, 0) is 13.0 Å². The summed E-state index contributed by atoms with van der Waals surface area (Å²) in [7, 11) is 0. The molecular formula is C12H16BrN. The molecule has 76 valence electrons. The van der Waals surface area contributed by atoms with Crippen LogP contribution in [0, 0.1) is 0 Å². The van der Waals surface area contributed by atoms with Crippen molar-refractivity contribution in [2.45, 2.75) is 19.4 Å². The van der Waals surface area contributed by atoms with Gasteiger partial charge in [0.25, 0.3) is 0 Å². The van der Waals surface area contributed by atoms with Crippen LogP contribution in [0.4, 0.5) is 0 Å². The lowest BCUT2D eigenvalue weighted by Gasteiger charge is -2.28. The van der Waals surface area contributed by atoms with Crippen molar-refractivity contribution in [2.24, 2.45) is 0 Å². The van der Waals surface area contributed by atoms with Gasteiger partial charge < -0.3 is 0 Å². The third kappa shape index (κ3) is 2.37. The molecule has 1 aromatic carbocycles. The summed E-state index contributed by atoms with van der Waals surface area (Å²) >= 11 is 3.48. The zero-order chi connectivity index (χ0) is 9.80. The fraction of sp³-hybridized carbons (Fsp3) is 0.500. The summed E-state index contributed by atoms with van der Waals surface area (Å²) in [6.07, 6.45) is 2.47. The number of halogens is 1. The van der Waals surface area contributed by atoms with Crippen molar-refractivity contribution in [3.05, 3.63) is 35.4 Å². The van der Waals surface area contributed by atoms with Crippen molar-refractivity contribution in [1.29, 1.82) is 0 Å². The quantitative estimate of drug-likeness (QED) is 0.750. The summed E-state index contributed by atoms with van der Waals surface area (Å²) in [6, 6.07) is 8.81. The molecule has 0 N–H and O–H groups in total. The van der Waals surface area contributed by atoms with Gasteiger partial charge in [-0.05, 0) is 30.5 Å². The summed E-state index contributed by atoms with van der Waals surface area (Å²) in [5, 5.41) is 1.12. The summed E-state index contributed by atoms with van der Waals surface area (Å²) in [5.41, 5.74) is 3.07. The second-order valence-corrected chi connectivity index (χ2v) is 4.63. The highest BCUT2D eigenvalue weighted by atomic mass is 79.9. The van der Waals surface area contributed by atoms with Crippen LogP contribution >= 0.6 is 15.9 Å². The minimum atomic E-state index is 1.12. The summed E-state index contributed by atoms with van der Waals surface area (Å²) in [5.74, 6) is 0. The number of hydrogen-bond donors (Lipinski definition) is 0. The molecule has 0 bridgehead atoms. The van der Waals surface area contributed by atoms with Gasteiger partial charge in [0.1, 0.15) is 0 Å². The molecular weight excluding hydrogens is 238 g/mol. The van der Waals surface area contributed by atoms with Gasteiger partial charge in [0, 0.05) is 18.4 Å². The molecule has 1 aromatic rings. The van der Waals surface area contributed by atoms with Gasteiger partial charge in [-0.3, -0.25) is 4.90 Å². The molecule has 0 aromatic heterocycles. The number of rotatable bonds is 3. The Morgan fingerprint density at radius 1 is 1.21 bits per heavy atom. The largest absolute Gasteiger partial charge is 0.299 e. The van der Waals surface area contributed by atoms with Gasteiger partial charge in [0.15, 0.2) is 0 Å². The first-order chi connectivity index (χ1) is 6.90. The minimum absolute atomic E-state index is 1.12. The van der Waals surface area contributed by atoms with Crippen LogP contribution < -0.4 is 0 Å². The summed E-state index contributed by atoms with van der Waals surface area (Å²) < 4.78 is 0. The molecule has 1 aliphatic rings. The molecule has 0 spiro atoms. The molecule has 14 heavy (non-hydrogen) atoms. The molecule has 1 heterocycles. The van der Waals surface area contributed by atoms with E-state index >= 15 is 0 Å². The third-order valence-electron chi connectivity index (χ3n) is 2.82. The Kier molecular flexibility index (Phi) is 3.60. The Balaban J connectivity index is 1.99. The van der Waals surface area contributed by atoms with E-state index in [0.29, 0.717) is 0 Å². The standard InChI is InChI=1S/C12H16BrN/c13-7-3-8-14-9-6-11-4-1-2-5-12(11)10-14/h1-2,4-5H,3,6-10H2. The Hall–Kier alpha value is -0.340. The Morgan fingerprint density at radius 3 is 2.79 bits per heavy atom. The molecule has 0 amide bonds. The van der Waals surface area contributed by atoms with Crippen molar-refractivity contribution >= 4 is 15.9 Å². The van der Waals surface area contributed by atoms with Crippen molar-refractivity contribution in [3.63, 3.8) is 0 Å². The van der Waals surface area contributed by atoms with E-state index in [4.69, 9.17) is 0 Å². The van der Waals surface area contributed by atoms with Gasteiger partial charge in [-0.2, -0.15) is 0 Å². The molecule has 0 radical (unpaired) electrons. The fourth-order valence-electron chi connectivity index (χ4n) is 2.03. The Bertz CT molecular complexity index is 298. The molecule has 1 nitrogen and oxygen atoms in total. The molecule has 0 saturated heterocycles. The normalized spacial score (nSPS) is 16.6. The highest BCUT2D eigenvalue weighted by Gasteiger charge is 2.14. The topological polar surface area (TPSA) is 3.24 Å². The van der Waals surface area contributed by atoms with E-state index in [0.717, 1.165) is 11.9 Å². The zero-order valence-corrected chi connectivity index (χ0v) is 9.96. The molecule has 0 atom stereocenters. The Morgan fingerprint density at radius 2 is 2.00 bits per heavy atom. The summed E-state index contributed by atoms with van der Waals surface area (Å²) in [4.78, 5) is 2.55. The van der Waals surface area contributed by atoms with Crippen molar-refractivity contribution in [1.82, 2.24) is 4.90 Å². The lowest BCUT2D eigenvalue weighted by molar-refractivity contribution is 0.256. The lowest BCUT2D eigenvalue weighted by Crippen LogP contribution is -2.31. The van der Waals surface area contributed by atoms with Crippen LogP contribution in [-0.4, -0.2) is 23.3 Å². The van der Waals surface area contributed by atoms with Crippen molar-refractivity contribution in [3.8, 4) is 0 Å². The maximum atomic E-state index is 3.48. The Labute approximate surface area is 94.2 Å². The fourth-order valence-corrected chi connectivity index (χ4v) is 2.28.